The number of esters is 1. The summed E-state index contributed by atoms with van der Waals surface area (Å²) in [6.45, 7) is 18.7. The second-order valence-corrected chi connectivity index (χ2v) is 17.8. The molecule has 3 fully saturated rings. The molecule has 0 saturated carbocycles. The number of carbonyl (C=O) groups is 3. The molecule has 1 amide bonds. The van der Waals surface area contributed by atoms with Crippen molar-refractivity contribution in [1.29, 1.82) is 0 Å². The minimum Gasteiger partial charge on any atom is -0.459 e. The lowest BCUT2D eigenvalue weighted by Gasteiger charge is -2.51. The van der Waals surface area contributed by atoms with Crippen LogP contribution in [0.3, 0.4) is 0 Å². The number of amides is 1. The molecule has 15 nitrogen and oxygen atoms in total. The summed E-state index contributed by atoms with van der Waals surface area (Å²) >= 11 is 0. The van der Waals surface area contributed by atoms with Gasteiger partial charge in [0.05, 0.1) is 59.7 Å². The first-order valence-electron chi connectivity index (χ1n) is 20.3. The van der Waals surface area contributed by atoms with Gasteiger partial charge in [-0.3, -0.25) is 19.3 Å². The van der Waals surface area contributed by atoms with Crippen molar-refractivity contribution >= 4 is 17.7 Å². The molecule has 0 aromatic heterocycles. The highest BCUT2D eigenvalue weighted by Crippen LogP contribution is 2.42. The molecule has 3 rings (SSSR count). The van der Waals surface area contributed by atoms with E-state index in [1.807, 2.05) is 39.8 Å². The maximum atomic E-state index is 14.3. The number of carbonyl (C=O) groups excluding carboxylic acids is 3. The third kappa shape index (κ3) is 10.1. The Kier molecular flexibility index (Phi) is 16.5. The Bertz CT molecular complexity index is 1330. The van der Waals surface area contributed by atoms with Crippen LogP contribution in [0.4, 0.5) is 0 Å². The highest BCUT2D eigenvalue weighted by molar-refractivity contribution is 5.83. The summed E-state index contributed by atoms with van der Waals surface area (Å²) in [7, 11) is 8.59. The highest BCUT2D eigenvalue weighted by atomic mass is 16.7. The molecule has 3 aliphatic heterocycles. The highest BCUT2D eigenvalue weighted by Gasteiger charge is 2.54. The summed E-state index contributed by atoms with van der Waals surface area (Å²) in [6, 6.07) is -0.715. The average Bonchev–Trinajstić information content (AvgIpc) is 3.13. The summed E-state index contributed by atoms with van der Waals surface area (Å²) in [5, 5.41) is 34.2. The van der Waals surface area contributed by atoms with Crippen molar-refractivity contribution in [2.24, 2.45) is 23.7 Å². The van der Waals surface area contributed by atoms with E-state index < -0.39 is 102 Å². The number of likely N-dealkylation sites (N-methyl/N-ethyl adjacent to an activating group) is 2. The first-order chi connectivity index (χ1) is 25.8. The van der Waals surface area contributed by atoms with Crippen LogP contribution in [0.15, 0.2) is 0 Å². The van der Waals surface area contributed by atoms with Gasteiger partial charge in [-0.25, -0.2) is 0 Å². The second-order valence-electron chi connectivity index (χ2n) is 17.8. The van der Waals surface area contributed by atoms with E-state index in [0.717, 1.165) is 0 Å². The molecule has 0 aliphatic carbocycles. The summed E-state index contributed by atoms with van der Waals surface area (Å²) < 4.78 is 44.9. The number of aliphatic hydroxyl groups excluding tert-OH is 2. The van der Waals surface area contributed by atoms with Crippen molar-refractivity contribution in [1.82, 2.24) is 9.80 Å². The molecule has 0 bridgehead atoms. The van der Waals surface area contributed by atoms with Gasteiger partial charge in [0.2, 0.25) is 5.91 Å². The van der Waals surface area contributed by atoms with Gasteiger partial charge in [-0.05, 0) is 74.9 Å². The number of ether oxygens (including phenoxy) is 7. The zero-order valence-corrected chi connectivity index (χ0v) is 36.8. The monoisotopic (exact) mass is 803 g/mol. The van der Waals surface area contributed by atoms with Gasteiger partial charge in [0.25, 0.3) is 0 Å². The van der Waals surface area contributed by atoms with Crippen LogP contribution in [0.25, 0.3) is 0 Å². The predicted octanol–water partition coefficient (Wildman–Crippen LogP) is 2.93. The molecule has 0 aromatic rings. The smallest absolute Gasteiger partial charge is 0.311 e. The summed E-state index contributed by atoms with van der Waals surface area (Å²) in [5.74, 6) is -4.56. The average molecular weight is 803 g/mol. The number of ketones is 1. The Morgan fingerprint density at radius 3 is 1.98 bits per heavy atom. The van der Waals surface area contributed by atoms with Gasteiger partial charge in [-0.15, -0.1) is 0 Å². The molecule has 0 unspecified atom stereocenters. The topological polar surface area (TPSA) is 183 Å². The molecule has 3 saturated heterocycles. The largest absolute Gasteiger partial charge is 0.459 e. The number of hydrogen-bond donors (Lipinski definition) is 3. The number of nitrogens with zero attached hydrogens (tertiary/aromatic N) is 2. The molecular formula is C41H74N2O13. The molecule has 3 heterocycles. The van der Waals surface area contributed by atoms with Crippen molar-refractivity contribution in [3.63, 3.8) is 0 Å². The summed E-state index contributed by atoms with van der Waals surface area (Å²) in [6.07, 6.45) is -7.52. The Morgan fingerprint density at radius 2 is 1.46 bits per heavy atom. The van der Waals surface area contributed by atoms with Crippen LogP contribution >= 0.6 is 0 Å². The fourth-order valence-corrected chi connectivity index (χ4v) is 9.28. The zero-order chi connectivity index (χ0) is 42.8. The van der Waals surface area contributed by atoms with Gasteiger partial charge >= 0.3 is 5.97 Å². The SMILES string of the molecule is CC[C@H]1OC(=O)[C@H](C)[C@@H](O[C@H]2C[C@@](C)(OC)[C@@H](O)[C@H](C)O2)[C@H](C)[C@@H](O[C@@H]2O[C@H](C)C[C@@H](N(C)C(C)=O)[C@@H]2N(C)C)[C@@](C)(OC)C[C@@H](C)C(=O)[C@H](C)[C@@H](O)[C@]1(C)O. The maximum absolute atomic E-state index is 14.3. The van der Waals surface area contributed by atoms with Crippen molar-refractivity contribution in [3.8, 4) is 0 Å². The first-order valence-corrected chi connectivity index (χ1v) is 20.3. The molecule has 3 aliphatic rings. The number of methoxy groups -OCH3 is 2. The third-order valence-electron chi connectivity index (χ3n) is 13.2. The normalized spacial score (nSPS) is 46.2. The maximum Gasteiger partial charge on any atom is 0.311 e. The Balaban J connectivity index is 2.28. The Morgan fingerprint density at radius 1 is 0.875 bits per heavy atom. The van der Waals surface area contributed by atoms with E-state index in [0.29, 0.717) is 6.42 Å². The lowest BCUT2D eigenvalue weighted by molar-refractivity contribution is -0.314. The van der Waals surface area contributed by atoms with Crippen molar-refractivity contribution in [2.45, 2.75) is 186 Å². The van der Waals surface area contributed by atoms with E-state index >= 15 is 0 Å². The number of aliphatic hydroxyl groups is 3. The van der Waals surface area contributed by atoms with Crippen LogP contribution in [-0.4, -0.2) is 162 Å². The Hall–Kier alpha value is -1.79. The van der Waals surface area contributed by atoms with E-state index in [-0.39, 0.29) is 43.1 Å². The number of hydrogen-bond acceptors (Lipinski definition) is 14. The van der Waals surface area contributed by atoms with Crippen LogP contribution in [-0.2, 0) is 47.5 Å². The van der Waals surface area contributed by atoms with Crippen LogP contribution in [0.1, 0.15) is 102 Å². The fraction of sp³-hybridized carbons (Fsp3) is 0.927. The van der Waals surface area contributed by atoms with E-state index in [9.17, 15) is 29.7 Å². The molecule has 0 aromatic carbocycles. The number of cyclic esters (lactones) is 1. The van der Waals surface area contributed by atoms with Crippen molar-refractivity contribution in [2.75, 3.05) is 35.4 Å². The third-order valence-corrected chi connectivity index (χ3v) is 13.2. The van der Waals surface area contributed by atoms with Gasteiger partial charge in [-0.1, -0.05) is 27.7 Å². The molecule has 0 spiro atoms. The van der Waals surface area contributed by atoms with Gasteiger partial charge in [0, 0.05) is 52.4 Å². The minimum absolute atomic E-state index is 0.105. The summed E-state index contributed by atoms with van der Waals surface area (Å²) in [5.41, 5.74) is -4.26. The predicted molar refractivity (Wildman–Crippen MR) is 207 cm³/mol. The van der Waals surface area contributed by atoms with Crippen LogP contribution in [0.5, 0.6) is 0 Å². The molecule has 18 atom stereocenters. The van der Waals surface area contributed by atoms with E-state index in [4.69, 9.17) is 33.2 Å². The fourth-order valence-electron chi connectivity index (χ4n) is 9.28. The van der Waals surface area contributed by atoms with Crippen molar-refractivity contribution in [3.05, 3.63) is 0 Å². The van der Waals surface area contributed by atoms with Crippen LogP contribution in [0.2, 0.25) is 0 Å². The molecule has 15 heteroatoms. The minimum atomic E-state index is -1.97. The molecule has 0 radical (unpaired) electrons. The lowest BCUT2D eigenvalue weighted by atomic mass is 9.73. The standard InChI is InChI=1S/C41H74N2O13/c1-17-29-41(11,49)34(46)23(4)32(45)21(2)19-40(10,51-16)36(56-38-31(42(12)13)28(18-22(3)52-38)43(14)27(8)44)24(5)33(25(6)37(48)54-29)55-30-20-39(9,50-15)35(47)26(7)53-30/h21-26,28-31,33-36,38,46-47,49H,17-20H2,1-16H3/t21-,22-,23+,24+,25-,26+,28-,29-,30+,31+,33+,34-,35+,36-,38+,39-,40+,41-/m1/s1. The van der Waals surface area contributed by atoms with E-state index in [2.05, 4.69) is 0 Å². The first kappa shape index (κ1) is 48.6. The van der Waals surface area contributed by atoms with Crippen molar-refractivity contribution < 1.29 is 62.9 Å². The van der Waals surface area contributed by atoms with E-state index in [1.165, 1.54) is 28.1 Å². The Labute approximate surface area is 335 Å². The second kappa shape index (κ2) is 19.1. The van der Waals surface area contributed by atoms with Gasteiger partial charge in [0.15, 0.2) is 12.6 Å². The molecular weight excluding hydrogens is 728 g/mol. The molecule has 326 valence electrons. The lowest BCUT2D eigenvalue weighted by Crippen LogP contribution is -2.64. The number of Topliss-reactive ketones (excluding diaryl/α,β-unsaturated/α-hetero) is 1. The molecule has 56 heavy (non-hydrogen) atoms. The zero-order valence-electron chi connectivity index (χ0n) is 36.8. The van der Waals surface area contributed by atoms with Crippen LogP contribution < -0.4 is 0 Å². The quantitative estimate of drug-likeness (QED) is 0.290. The van der Waals surface area contributed by atoms with Gasteiger partial charge < -0.3 is 53.4 Å². The molecule has 3 N–H and O–H groups in total. The van der Waals surface area contributed by atoms with Crippen LogP contribution in [0, 0.1) is 23.7 Å². The summed E-state index contributed by atoms with van der Waals surface area (Å²) in [4.78, 5) is 44.9. The van der Waals surface area contributed by atoms with Gasteiger partial charge in [0.1, 0.15) is 23.6 Å². The number of rotatable bonds is 9. The van der Waals surface area contributed by atoms with Gasteiger partial charge in [-0.2, -0.15) is 0 Å². The van der Waals surface area contributed by atoms with E-state index in [1.54, 1.807) is 53.5 Å².